The lowest BCUT2D eigenvalue weighted by Crippen LogP contribution is -2.09. The van der Waals surface area contributed by atoms with Crippen LogP contribution in [0, 0.1) is 0 Å². The summed E-state index contributed by atoms with van der Waals surface area (Å²) < 4.78 is 2.49. The van der Waals surface area contributed by atoms with Gasteiger partial charge in [-0.2, -0.15) is 5.21 Å². The van der Waals surface area contributed by atoms with E-state index in [-0.39, 0.29) is 0 Å². The highest BCUT2D eigenvalue weighted by Crippen LogP contribution is 2.31. The van der Waals surface area contributed by atoms with Crippen molar-refractivity contribution in [1.82, 2.24) is 25.2 Å². The first-order valence-electron chi connectivity index (χ1n) is 8.25. The average molecular weight is 295 g/mol. The van der Waals surface area contributed by atoms with Gasteiger partial charge in [0.1, 0.15) is 0 Å². The molecule has 0 amide bonds. The number of hydrogen-bond donors (Lipinski definition) is 1. The fraction of sp³-hybridized carbons (Fsp3) is 0.471. The summed E-state index contributed by atoms with van der Waals surface area (Å²) in [5.74, 6) is 0.789. The average Bonchev–Trinajstić information content (AvgIpc) is 3.12. The summed E-state index contributed by atoms with van der Waals surface area (Å²) in [6.45, 7) is 0.926. The van der Waals surface area contributed by atoms with Crippen LogP contribution in [0.25, 0.3) is 10.9 Å². The van der Waals surface area contributed by atoms with Gasteiger partial charge in [-0.1, -0.05) is 36.3 Å². The van der Waals surface area contributed by atoms with E-state index in [0.29, 0.717) is 0 Å². The first kappa shape index (κ1) is 13.5. The Labute approximate surface area is 129 Å². The summed E-state index contributed by atoms with van der Waals surface area (Å²) in [5.41, 5.74) is 4.46. The smallest absolute Gasteiger partial charge is 0.176 e. The Hall–Kier alpha value is -2.17. The van der Waals surface area contributed by atoms with Crippen LogP contribution in [-0.4, -0.2) is 25.2 Å². The number of fused-ring (bicyclic) bond motifs is 3. The summed E-state index contributed by atoms with van der Waals surface area (Å²) >= 11 is 0. The molecular formula is C17H21N5. The molecule has 114 valence electrons. The molecule has 0 aliphatic heterocycles. The second-order valence-corrected chi connectivity index (χ2v) is 6.09. The van der Waals surface area contributed by atoms with Crippen LogP contribution in [0.3, 0.4) is 0 Å². The molecular weight excluding hydrogens is 274 g/mol. The Morgan fingerprint density at radius 1 is 1.05 bits per heavy atom. The topological polar surface area (TPSA) is 59.4 Å². The lowest BCUT2D eigenvalue weighted by atomic mass is 9.97. The highest BCUT2D eigenvalue weighted by molar-refractivity contribution is 5.85. The van der Waals surface area contributed by atoms with Crippen molar-refractivity contribution >= 4 is 10.9 Å². The molecule has 22 heavy (non-hydrogen) atoms. The molecule has 3 aromatic rings. The molecule has 4 rings (SSSR count). The van der Waals surface area contributed by atoms with E-state index in [2.05, 4.69) is 49.5 Å². The zero-order valence-corrected chi connectivity index (χ0v) is 12.8. The molecule has 5 heteroatoms. The molecule has 0 saturated carbocycles. The number of aryl methyl sites for hydroxylation is 3. The van der Waals surface area contributed by atoms with Gasteiger partial charge < -0.3 is 4.57 Å². The number of nitrogens with one attached hydrogen (secondary N) is 1. The number of nitrogens with zero attached hydrogens (tertiary/aromatic N) is 4. The lowest BCUT2D eigenvalue weighted by molar-refractivity contribution is 0.582. The van der Waals surface area contributed by atoms with E-state index in [1.165, 1.54) is 55.1 Å². The van der Waals surface area contributed by atoms with Crippen molar-refractivity contribution in [3.63, 3.8) is 0 Å². The van der Waals surface area contributed by atoms with Crippen molar-refractivity contribution in [1.29, 1.82) is 0 Å². The maximum Gasteiger partial charge on any atom is 0.176 e. The van der Waals surface area contributed by atoms with Crippen LogP contribution >= 0.6 is 0 Å². The van der Waals surface area contributed by atoms with Gasteiger partial charge in [0.05, 0.1) is 0 Å². The van der Waals surface area contributed by atoms with Gasteiger partial charge in [0.2, 0.25) is 0 Å². The Kier molecular flexibility index (Phi) is 3.62. The quantitative estimate of drug-likeness (QED) is 0.808. The van der Waals surface area contributed by atoms with Crippen molar-refractivity contribution in [2.24, 2.45) is 0 Å². The monoisotopic (exact) mass is 295 g/mol. The number of hydrogen-bond acceptors (Lipinski definition) is 3. The minimum Gasteiger partial charge on any atom is -0.344 e. The lowest BCUT2D eigenvalue weighted by Gasteiger charge is -2.14. The Balaban J connectivity index is 1.76. The largest absolute Gasteiger partial charge is 0.344 e. The SMILES string of the molecule is c1ccc2c(c1)c1c(n2CCc2nn[nH]n2)CCCCCC1. The number of tetrazole rings is 1. The molecule has 0 unspecified atom stereocenters. The molecule has 2 heterocycles. The molecule has 2 aromatic heterocycles. The van der Waals surface area contributed by atoms with E-state index in [4.69, 9.17) is 0 Å². The standard InChI is InChI=1S/C17H21N5/c1-2-4-9-15-13(7-3-1)14-8-5-6-10-16(14)22(15)12-11-17-18-20-21-19-17/h5-6,8,10H,1-4,7,9,11-12H2,(H,18,19,20,21). The zero-order chi connectivity index (χ0) is 14.8. The third-order valence-electron chi connectivity index (χ3n) is 4.73. The maximum absolute atomic E-state index is 4.08. The number of H-pyrrole nitrogens is 1. The van der Waals surface area contributed by atoms with E-state index in [1.54, 1.807) is 5.56 Å². The number of para-hydroxylation sites is 1. The minimum atomic E-state index is 0.789. The van der Waals surface area contributed by atoms with Crippen molar-refractivity contribution in [3.8, 4) is 0 Å². The predicted molar refractivity (Wildman–Crippen MR) is 85.7 cm³/mol. The predicted octanol–water partition coefficient (Wildman–Crippen LogP) is 3.06. The molecule has 0 radical (unpaired) electrons. The number of aromatic amines is 1. The van der Waals surface area contributed by atoms with Gasteiger partial charge in [-0.15, -0.1) is 10.2 Å². The molecule has 0 spiro atoms. The van der Waals surface area contributed by atoms with Crippen LogP contribution in [-0.2, 0) is 25.8 Å². The summed E-state index contributed by atoms with van der Waals surface area (Å²) in [6, 6.07) is 8.82. The molecule has 0 saturated heterocycles. The first-order valence-corrected chi connectivity index (χ1v) is 8.25. The fourth-order valence-electron chi connectivity index (χ4n) is 3.70. The Morgan fingerprint density at radius 3 is 2.77 bits per heavy atom. The normalized spacial score (nSPS) is 15.5. The molecule has 0 bridgehead atoms. The van der Waals surface area contributed by atoms with Gasteiger partial charge in [-0.25, -0.2) is 0 Å². The highest BCUT2D eigenvalue weighted by Gasteiger charge is 2.18. The van der Waals surface area contributed by atoms with Crippen LogP contribution in [0.5, 0.6) is 0 Å². The van der Waals surface area contributed by atoms with Gasteiger partial charge >= 0.3 is 0 Å². The molecule has 0 atom stereocenters. The minimum absolute atomic E-state index is 0.789. The molecule has 1 aliphatic carbocycles. The van der Waals surface area contributed by atoms with E-state index in [9.17, 15) is 0 Å². The number of benzene rings is 1. The summed E-state index contributed by atoms with van der Waals surface area (Å²) in [6.07, 6.45) is 8.55. The van der Waals surface area contributed by atoms with E-state index in [1.807, 2.05) is 0 Å². The van der Waals surface area contributed by atoms with E-state index >= 15 is 0 Å². The van der Waals surface area contributed by atoms with E-state index in [0.717, 1.165) is 18.8 Å². The van der Waals surface area contributed by atoms with Gasteiger partial charge in [-0.3, -0.25) is 0 Å². The van der Waals surface area contributed by atoms with Crippen LogP contribution in [0.4, 0.5) is 0 Å². The zero-order valence-electron chi connectivity index (χ0n) is 12.8. The molecule has 1 N–H and O–H groups in total. The van der Waals surface area contributed by atoms with Crippen molar-refractivity contribution < 1.29 is 0 Å². The van der Waals surface area contributed by atoms with Crippen LogP contribution in [0.15, 0.2) is 24.3 Å². The van der Waals surface area contributed by atoms with Crippen molar-refractivity contribution in [2.75, 3.05) is 0 Å². The molecule has 5 nitrogen and oxygen atoms in total. The van der Waals surface area contributed by atoms with Gasteiger partial charge in [0, 0.05) is 29.6 Å². The van der Waals surface area contributed by atoms with Crippen LogP contribution in [0.1, 0.15) is 42.8 Å². The fourth-order valence-corrected chi connectivity index (χ4v) is 3.70. The third kappa shape index (κ3) is 2.40. The summed E-state index contributed by atoms with van der Waals surface area (Å²) in [4.78, 5) is 0. The molecule has 0 fully saturated rings. The Morgan fingerprint density at radius 2 is 1.91 bits per heavy atom. The first-order chi connectivity index (χ1) is 10.9. The van der Waals surface area contributed by atoms with Crippen molar-refractivity contribution in [2.45, 2.75) is 51.5 Å². The van der Waals surface area contributed by atoms with Crippen LogP contribution in [0.2, 0.25) is 0 Å². The van der Waals surface area contributed by atoms with Gasteiger partial charge in [0.25, 0.3) is 0 Å². The third-order valence-corrected chi connectivity index (χ3v) is 4.73. The summed E-state index contributed by atoms with van der Waals surface area (Å²) in [7, 11) is 0. The molecule has 1 aromatic carbocycles. The summed E-state index contributed by atoms with van der Waals surface area (Å²) in [5, 5.41) is 15.8. The second-order valence-electron chi connectivity index (χ2n) is 6.09. The molecule has 1 aliphatic rings. The number of rotatable bonds is 3. The van der Waals surface area contributed by atoms with Gasteiger partial charge in [0.15, 0.2) is 5.82 Å². The maximum atomic E-state index is 4.08. The van der Waals surface area contributed by atoms with E-state index < -0.39 is 0 Å². The Bertz CT molecular complexity index is 757. The highest BCUT2D eigenvalue weighted by atomic mass is 15.5. The van der Waals surface area contributed by atoms with Crippen LogP contribution < -0.4 is 0 Å². The van der Waals surface area contributed by atoms with Crippen molar-refractivity contribution in [3.05, 3.63) is 41.3 Å². The second kappa shape index (κ2) is 5.91. The number of aromatic nitrogens is 5. The van der Waals surface area contributed by atoms with Gasteiger partial charge in [-0.05, 0) is 37.3 Å².